The van der Waals surface area contributed by atoms with Gasteiger partial charge in [0, 0.05) is 11.8 Å². The van der Waals surface area contributed by atoms with E-state index < -0.39 is 30.5 Å². The Morgan fingerprint density at radius 3 is 2.43 bits per heavy atom. The topological polar surface area (TPSA) is 60.5 Å². The summed E-state index contributed by atoms with van der Waals surface area (Å²) in [6.07, 6.45) is -3.64. The van der Waals surface area contributed by atoms with Crippen molar-refractivity contribution in [2.75, 3.05) is 6.61 Å². The fraction of sp³-hybridized carbons (Fsp3) is 0.600. The van der Waals surface area contributed by atoms with E-state index in [1.165, 1.54) is 6.20 Å². The lowest BCUT2D eigenvalue weighted by Gasteiger charge is -2.22. The van der Waals surface area contributed by atoms with Crippen molar-refractivity contribution < 1.29 is 27.4 Å². The molecule has 8 heteroatoms. The Labute approximate surface area is 133 Å². The van der Waals surface area contributed by atoms with Crippen LogP contribution in [0.3, 0.4) is 0 Å². The number of carbonyl (C=O) groups is 1. The lowest BCUT2D eigenvalue weighted by Crippen LogP contribution is -2.34. The number of alkyl halides is 3. The maximum atomic E-state index is 12.1. The summed E-state index contributed by atoms with van der Waals surface area (Å²) in [5.41, 5.74) is 0.463. The SMILES string of the molecule is Cc1cc(C(C)NC(=O)OC(C)(C)C)cnc1OCC(F)(F)F. The van der Waals surface area contributed by atoms with Crippen LogP contribution >= 0.6 is 0 Å². The lowest BCUT2D eigenvalue weighted by atomic mass is 10.1. The highest BCUT2D eigenvalue weighted by Gasteiger charge is 2.29. The molecule has 0 saturated heterocycles. The van der Waals surface area contributed by atoms with Crippen molar-refractivity contribution in [3.63, 3.8) is 0 Å². The predicted molar refractivity (Wildman–Crippen MR) is 78.3 cm³/mol. The quantitative estimate of drug-likeness (QED) is 0.907. The first-order valence-electron chi connectivity index (χ1n) is 7.03. The molecular weight excluding hydrogens is 313 g/mol. The van der Waals surface area contributed by atoms with Crippen molar-refractivity contribution >= 4 is 6.09 Å². The van der Waals surface area contributed by atoms with Crippen molar-refractivity contribution in [1.82, 2.24) is 10.3 Å². The third kappa shape index (κ3) is 7.21. The lowest BCUT2D eigenvalue weighted by molar-refractivity contribution is -0.154. The molecule has 0 bridgehead atoms. The monoisotopic (exact) mass is 334 g/mol. The molecule has 1 amide bonds. The van der Waals surface area contributed by atoms with Crippen LogP contribution in [0.5, 0.6) is 5.88 Å². The highest BCUT2D eigenvalue weighted by molar-refractivity contribution is 5.68. The molecule has 0 aromatic carbocycles. The second kappa shape index (κ2) is 7.06. The molecule has 1 N–H and O–H groups in total. The summed E-state index contributed by atoms with van der Waals surface area (Å²) >= 11 is 0. The van der Waals surface area contributed by atoms with E-state index in [0.29, 0.717) is 11.1 Å². The molecule has 130 valence electrons. The molecular formula is C15H21F3N2O3. The summed E-state index contributed by atoms with van der Waals surface area (Å²) in [5, 5.41) is 2.63. The molecule has 1 atom stereocenters. The van der Waals surface area contributed by atoms with Crippen LogP contribution in [0, 0.1) is 6.92 Å². The number of hydrogen-bond donors (Lipinski definition) is 1. The molecule has 1 rings (SSSR count). The molecule has 1 heterocycles. The summed E-state index contributed by atoms with van der Waals surface area (Å²) in [6, 6.07) is 1.20. The van der Waals surface area contributed by atoms with Crippen LogP contribution in [0.2, 0.25) is 0 Å². The van der Waals surface area contributed by atoms with Gasteiger partial charge in [0.25, 0.3) is 0 Å². The number of aryl methyl sites for hydroxylation is 1. The van der Waals surface area contributed by atoms with Crippen molar-refractivity contribution in [3.05, 3.63) is 23.4 Å². The fourth-order valence-corrected chi connectivity index (χ4v) is 1.69. The number of nitrogens with one attached hydrogen (secondary N) is 1. The second-order valence-electron chi connectivity index (χ2n) is 6.16. The van der Waals surface area contributed by atoms with Crippen LogP contribution in [0.4, 0.5) is 18.0 Å². The minimum atomic E-state index is -4.42. The molecule has 5 nitrogen and oxygen atoms in total. The molecule has 0 aliphatic heterocycles. The van der Waals surface area contributed by atoms with Gasteiger partial charge in [-0.3, -0.25) is 0 Å². The van der Waals surface area contributed by atoms with Gasteiger partial charge in [0.2, 0.25) is 5.88 Å². The van der Waals surface area contributed by atoms with E-state index >= 15 is 0 Å². The number of aromatic nitrogens is 1. The molecule has 0 spiro atoms. The van der Waals surface area contributed by atoms with Crippen molar-refractivity contribution in [2.45, 2.75) is 52.4 Å². The first-order chi connectivity index (χ1) is 10.4. The molecule has 1 aromatic heterocycles. The fourth-order valence-electron chi connectivity index (χ4n) is 1.69. The molecule has 0 saturated carbocycles. The number of hydrogen-bond acceptors (Lipinski definition) is 4. The Balaban J connectivity index is 2.71. The van der Waals surface area contributed by atoms with Crippen LogP contribution in [0.1, 0.15) is 44.9 Å². The zero-order valence-electron chi connectivity index (χ0n) is 13.7. The molecule has 1 unspecified atom stereocenters. The molecule has 0 aliphatic carbocycles. The normalized spacial score (nSPS) is 13.4. The van der Waals surface area contributed by atoms with Crippen LogP contribution in [-0.2, 0) is 4.74 Å². The van der Waals surface area contributed by atoms with Gasteiger partial charge in [0.05, 0.1) is 6.04 Å². The third-order valence-electron chi connectivity index (χ3n) is 2.66. The number of rotatable bonds is 4. The summed E-state index contributed by atoms with van der Waals surface area (Å²) in [7, 11) is 0. The van der Waals surface area contributed by atoms with Gasteiger partial charge in [-0.2, -0.15) is 13.2 Å². The van der Waals surface area contributed by atoms with Gasteiger partial charge < -0.3 is 14.8 Å². The number of halogens is 3. The second-order valence-corrected chi connectivity index (χ2v) is 6.16. The Morgan fingerprint density at radius 2 is 1.96 bits per heavy atom. The Bertz CT molecular complexity index is 554. The number of pyridine rings is 1. The smallest absolute Gasteiger partial charge is 0.422 e. The first-order valence-corrected chi connectivity index (χ1v) is 7.03. The van der Waals surface area contributed by atoms with E-state index in [0.717, 1.165) is 0 Å². The van der Waals surface area contributed by atoms with Gasteiger partial charge in [-0.05, 0) is 46.2 Å². The van der Waals surface area contributed by atoms with E-state index in [-0.39, 0.29) is 5.88 Å². The number of alkyl carbamates (subject to hydrolysis) is 1. The minimum absolute atomic E-state index is 0.0875. The highest BCUT2D eigenvalue weighted by Crippen LogP contribution is 2.22. The van der Waals surface area contributed by atoms with Crippen molar-refractivity contribution in [1.29, 1.82) is 0 Å². The largest absolute Gasteiger partial charge is 0.468 e. The molecule has 0 radical (unpaired) electrons. The molecule has 23 heavy (non-hydrogen) atoms. The Hall–Kier alpha value is -1.99. The molecule has 0 fully saturated rings. The van der Waals surface area contributed by atoms with Gasteiger partial charge in [-0.15, -0.1) is 0 Å². The number of nitrogens with zero attached hydrogens (tertiary/aromatic N) is 1. The number of carbonyl (C=O) groups excluding carboxylic acids is 1. The van der Waals surface area contributed by atoms with Gasteiger partial charge in [0.15, 0.2) is 6.61 Å². The van der Waals surface area contributed by atoms with Gasteiger partial charge >= 0.3 is 12.3 Å². The van der Waals surface area contributed by atoms with E-state index in [2.05, 4.69) is 15.0 Å². The van der Waals surface area contributed by atoms with Gasteiger partial charge in [-0.1, -0.05) is 0 Å². The zero-order valence-corrected chi connectivity index (χ0v) is 13.7. The van der Waals surface area contributed by atoms with Crippen molar-refractivity contribution in [3.8, 4) is 5.88 Å². The highest BCUT2D eigenvalue weighted by atomic mass is 19.4. The van der Waals surface area contributed by atoms with Gasteiger partial charge in [-0.25, -0.2) is 9.78 Å². The van der Waals surface area contributed by atoms with E-state index in [4.69, 9.17) is 4.74 Å². The van der Waals surface area contributed by atoms with Crippen LogP contribution in [-0.4, -0.2) is 29.5 Å². The average molecular weight is 334 g/mol. The number of amides is 1. The minimum Gasteiger partial charge on any atom is -0.468 e. The predicted octanol–water partition coefficient (Wildman–Crippen LogP) is 3.92. The van der Waals surface area contributed by atoms with Crippen LogP contribution < -0.4 is 10.1 Å². The van der Waals surface area contributed by atoms with E-state index in [1.54, 1.807) is 40.7 Å². The summed E-state index contributed by atoms with van der Waals surface area (Å²) in [4.78, 5) is 15.6. The third-order valence-corrected chi connectivity index (χ3v) is 2.66. The van der Waals surface area contributed by atoms with E-state index in [9.17, 15) is 18.0 Å². The maximum Gasteiger partial charge on any atom is 0.422 e. The Morgan fingerprint density at radius 1 is 1.35 bits per heavy atom. The summed E-state index contributed by atoms with van der Waals surface area (Å²) in [6.45, 7) is 7.14. The standard InChI is InChI=1S/C15H21F3N2O3/c1-9-6-11(7-19-12(9)22-8-15(16,17)18)10(2)20-13(21)23-14(3,4)5/h6-7,10H,8H2,1-5H3,(H,20,21). The summed E-state index contributed by atoms with van der Waals surface area (Å²) < 4.78 is 46.2. The molecule has 0 aliphatic rings. The van der Waals surface area contributed by atoms with Crippen LogP contribution in [0.15, 0.2) is 12.3 Å². The maximum absolute atomic E-state index is 12.1. The summed E-state index contributed by atoms with van der Waals surface area (Å²) in [5.74, 6) is -0.0875. The average Bonchev–Trinajstić information content (AvgIpc) is 2.33. The molecule has 1 aromatic rings. The zero-order chi connectivity index (χ0) is 17.8. The van der Waals surface area contributed by atoms with Crippen LogP contribution in [0.25, 0.3) is 0 Å². The van der Waals surface area contributed by atoms with Crippen molar-refractivity contribution in [2.24, 2.45) is 0 Å². The van der Waals surface area contributed by atoms with E-state index in [1.807, 2.05) is 0 Å². The van der Waals surface area contributed by atoms with Gasteiger partial charge in [0.1, 0.15) is 5.60 Å². The Kier molecular flexibility index (Phi) is 5.85. The number of ether oxygens (including phenoxy) is 2. The first kappa shape index (κ1) is 19.1.